The van der Waals surface area contributed by atoms with Gasteiger partial charge in [-0.05, 0) is 12.1 Å². The van der Waals surface area contributed by atoms with Gasteiger partial charge in [0.2, 0.25) is 11.8 Å². The standard InChI is InChI=1S/C15H18N4O4/c1-9(20)16-11-6-5-10(21-2)7-12(11)17-13-8-14(22-3)19-15(18-13)23-4/h5-8H,1-4H3,(H,16,20)(H,17,18,19). The summed E-state index contributed by atoms with van der Waals surface area (Å²) < 4.78 is 15.4. The topological polar surface area (TPSA) is 94.6 Å². The second kappa shape index (κ2) is 7.30. The Kier molecular flexibility index (Phi) is 5.19. The first-order valence-corrected chi connectivity index (χ1v) is 6.75. The van der Waals surface area contributed by atoms with E-state index >= 15 is 0 Å². The third-order valence-electron chi connectivity index (χ3n) is 2.87. The number of carbonyl (C=O) groups is 1. The molecule has 0 fully saturated rings. The second-order valence-electron chi connectivity index (χ2n) is 4.50. The minimum atomic E-state index is -0.184. The smallest absolute Gasteiger partial charge is 0.321 e. The first kappa shape index (κ1) is 16.3. The molecule has 8 nitrogen and oxygen atoms in total. The Bertz CT molecular complexity index is 684. The van der Waals surface area contributed by atoms with Crippen LogP contribution >= 0.6 is 0 Å². The summed E-state index contributed by atoms with van der Waals surface area (Å²) in [6.45, 7) is 1.44. The van der Waals surface area contributed by atoms with Crippen LogP contribution in [-0.2, 0) is 4.79 Å². The maximum absolute atomic E-state index is 11.3. The molecular formula is C15H18N4O4. The molecule has 1 aromatic carbocycles. The number of aromatic nitrogens is 2. The monoisotopic (exact) mass is 318 g/mol. The number of amides is 1. The van der Waals surface area contributed by atoms with Crippen LogP contribution in [0.1, 0.15) is 6.92 Å². The highest BCUT2D eigenvalue weighted by Crippen LogP contribution is 2.30. The third kappa shape index (κ3) is 4.22. The average Bonchev–Trinajstić information content (AvgIpc) is 2.55. The lowest BCUT2D eigenvalue weighted by Crippen LogP contribution is -2.09. The van der Waals surface area contributed by atoms with E-state index in [-0.39, 0.29) is 11.9 Å². The molecule has 2 aromatic rings. The summed E-state index contributed by atoms with van der Waals surface area (Å²) in [6.07, 6.45) is 0. The van der Waals surface area contributed by atoms with Crippen LogP contribution in [0.2, 0.25) is 0 Å². The van der Waals surface area contributed by atoms with Gasteiger partial charge in [-0.25, -0.2) is 0 Å². The lowest BCUT2D eigenvalue weighted by atomic mass is 10.2. The molecule has 0 bridgehead atoms. The average molecular weight is 318 g/mol. The first-order valence-electron chi connectivity index (χ1n) is 6.75. The van der Waals surface area contributed by atoms with Crippen molar-refractivity contribution in [1.82, 2.24) is 9.97 Å². The van der Waals surface area contributed by atoms with Crippen LogP contribution in [0.15, 0.2) is 24.3 Å². The fraction of sp³-hybridized carbons (Fsp3) is 0.267. The van der Waals surface area contributed by atoms with Crippen molar-refractivity contribution in [2.45, 2.75) is 6.92 Å². The zero-order valence-electron chi connectivity index (χ0n) is 13.3. The lowest BCUT2D eigenvalue weighted by Gasteiger charge is -2.14. The maximum Gasteiger partial charge on any atom is 0.321 e. The fourth-order valence-corrected chi connectivity index (χ4v) is 1.85. The van der Waals surface area contributed by atoms with Gasteiger partial charge in [0.15, 0.2) is 0 Å². The number of rotatable bonds is 6. The molecule has 1 amide bonds. The van der Waals surface area contributed by atoms with Crippen molar-refractivity contribution in [2.75, 3.05) is 32.0 Å². The molecule has 0 saturated heterocycles. The molecule has 0 radical (unpaired) electrons. The first-order chi connectivity index (χ1) is 11.0. The minimum absolute atomic E-state index is 0.163. The summed E-state index contributed by atoms with van der Waals surface area (Å²) in [6, 6.07) is 7.00. The second-order valence-corrected chi connectivity index (χ2v) is 4.50. The highest BCUT2D eigenvalue weighted by Gasteiger charge is 2.10. The molecule has 0 atom stereocenters. The van der Waals surface area contributed by atoms with Crippen LogP contribution in [0.25, 0.3) is 0 Å². The molecule has 1 heterocycles. The van der Waals surface area contributed by atoms with E-state index in [2.05, 4.69) is 20.6 Å². The minimum Gasteiger partial charge on any atom is -0.497 e. The van der Waals surface area contributed by atoms with E-state index in [9.17, 15) is 4.79 Å². The number of carbonyl (C=O) groups excluding carboxylic acids is 1. The predicted octanol–water partition coefficient (Wildman–Crippen LogP) is 2.20. The van der Waals surface area contributed by atoms with Crippen LogP contribution in [0.5, 0.6) is 17.6 Å². The van der Waals surface area contributed by atoms with Crippen molar-refractivity contribution in [3.05, 3.63) is 24.3 Å². The van der Waals surface area contributed by atoms with Gasteiger partial charge in [0, 0.05) is 19.1 Å². The van der Waals surface area contributed by atoms with E-state index in [0.717, 1.165) is 0 Å². The zero-order valence-corrected chi connectivity index (χ0v) is 13.3. The van der Waals surface area contributed by atoms with Crippen molar-refractivity contribution in [2.24, 2.45) is 0 Å². The van der Waals surface area contributed by atoms with Gasteiger partial charge < -0.3 is 24.8 Å². The molecule has 0 saturated carbocycles. The van der Waals surface area contributed by atoms with Crippen LogP contribution in [0.3, 0.4) is 0 Å². The zero-order chi connectivity index (χ0) is 16.8. The Morgan fingerprint density at radius 1 is 1.00 bits per heavy atom. The number of methoxy groups -OCH3 is 3. The van der Waals surface area contributed by atoms with Crippen LogP contribution in [0.4, 0.5) is 17.2 Å². The summed E-state index contributed by atoms with van der Waals surface area (Å²) in [5.41, 5.74) is 1.21. The predicted molar refractivity (Wildman–Crippen MR) is 85.7 cm³/mol. The molecule has 1 aromatic heterocycles. The molecule has 23 heavy (non-hydrogen) atoms. The maximum atomic E-state index is 11.3. The number of benzene rings is 1. The van der Waals surface area contributed by atoms with E-state index in [4.69, 9.17) is 14.2 Å². The Balaban J connectivity index is 2.39. The summed E-state index contributed by atoms with van der Waals surface area (Å²) >= 11 is 0. The van der Waals surface area contributed by atoms with E-state index < -0.39 is 0 Å². The van der Waals surface area contributed by atoms with Gasteiger partial charge in [-0.15, -0.1) is 0 Å². The van der Waals surface area contributed by atoms with Crippen LogP contribution < -0.4 is 24.8 Å². The van der Waals surface area contributed by atoms with Gasteiger partial charge in [-0.2, -0.15) is 9.97 Å². The van der Waals surface area contributed by atoms with Crippen molar-refractivity contribution < 1.29 is 19.0 Å². The van der Waals surface area contributed by atoms with Gasteiger partial charge in [0.05, 0.1) is 32.7 Å². The number of hydrogen-bond acceptors (Lipinski definition) is 7. The normalized spacial score (nSPS) is 9.91. The van der Waals surface area contributed by atoms with E-state index in [1.807, 2.05) is 0 Å². The number of nitrogens with one attached hydrogen (secondary N) is 2. The van der Waals surface area contributed by atoms with Gasteiger partial charge in [0.1, 0.15) is 11.6 Å². The largest absolute Gasteiger partial charge is 0.497 e. The molecule has 0 aliphatic carbocycles. The number of ether oxygens (including phenoxy) is 3. The third-order valence-corrected chi connectivity index (χ3v) is 2.87. The molecule has 122 valence electrons. The summed E-state index contributed by atoms with van der Waals surface area (Å²) in [4.78, 5) is 19.6. The van der Waals surface area contributed by atoms with E-state index in [1.165, 1.54) is 21.1 Å². The van der Waals surface area contributed by atoms with E-state index in [1.54, 1.807) is 31.4 Å². The molecule has 0 unspecified atom stereocenters. The SMILES string of the molecule is COc1ccc(NC(C)=O)c(Nc2cc(OC)nc(OC)n2)c1. The van der Waals surface area contributed by atoms with Gasteiger partial charge in [-0.1, -0.05) is 0 Å². The Morgan fingerprint density at radius 3 is 2.39 bits per heavy atom. The van der Waals surface area contributed by atoms with Crippen LogP contribution in [0, 0.1) is 0 Å². The Hall–Kier alpha value is -3.03. The van der Waals surface area contributed by atoms with E-state index in [0.29, 0.717) is 28.8 Å². The van der Waals surface area contributed by atoms with Gasteiger partial charge in [0.25, 0.3) is 0 Å². The van der Waals surface area contributed by atoms with Gasteiger partial charge >= 0.3 is 6.01 Å². The molecule has 8 heteroatoms. The summed E-state index contributed by atoms with van der Waals surface area (Å²) in [5, 5.41) is 5.84. The molecular weight excluding hydrogens is 300 g/mol. The number of anilines is 3. The molecule has 2 N–H and O–H groups in total. The fourth-order valence-electron chi connectivity index (χ4n) is 1.85. The van der Waals surface area contributed by atoms with Gasteiger partial charge in [-0.3, -0.25) is 4.79 Å². The van der Waals surface area contributed by atoms with Crippen molar-refractivity contribution in [3.8, 4) is 17.6 Å². The highest BCUT2D eigenvalue weighted by molar-refractivity contribution is 5.93. The summed E-state index contributed by atoms with van der Waals surface area (Å²) in [7, 11) is 4.53. The Labute approximate surface area is 133 Å². The van der Waals surface area contributed by atoms with Crippen molar-refractivity contribution in [3.63, 3.8) is 0 Å². The molecule has 0 aliphatic rings. The highest BCUT2D eigenvalue weighted by atomic mass is 16.5. The Morgan fingerprint density at radius 2 is 1.78 bits per heavy atom. The van der Waals surface area contributed by atoms with Crippen molar-refractivity contribution in [1.29, 1.82) is 0 Å². The molecule has 0 aliphatic heterocycles. The van der Waals surface area contributed by atoms with Crippen LogP contribution in [-0.4, -0.2) is 37.2 Å². The molecule has 0 spiro atoms. The quantitative estimate of drug-likeness (QED) is 0.843. The van der Waals surface area contributed by atoms with Crippen molar-refractivity contribution >= 4 is 23.1 Å². The summed E-state index contributed by atoms with van der Waals surface area (Å²) in [5.74, 6) is 1.25. The lowest BCUT2D eigenvalue weighted by molar-refractivity contribution is -0.114. The number of hydrogen-bond donors (Lipinski definition) is 2. The molecule has 2 rings (SSSR count). The number of nitrogens with zero attached hydrogens (tertiary/aromatic N) is 2.